The lowest BCUT2D eigenvalue weighted by Crippen LogP contribution is -2.40. The normalized spacial score (nSPS) is 16.8. The minimum atomic E-state index is -0.335. The summed E-state index contributed by atoms with van der Waals surface area (Å²) in [4.78, 5) is 18.2. The maximum absolute atomic E-state index is 13.1. The van der Waals surface area contributed by atoms with Crippen LogP contribution in [0.4, 0.5) is 4.39 Å². The maximum atomic E-state index is 13.1. The fourth-order valence-corrected chi connectivity index (χ4v) is 2.48. The van der Waals surface area contributed by atoms with Gasteiger partial charge in [-0.05, 0) is 25.0 Å². The Kier molecular flexibility index (Phi) is 3.40. The van der Waals surface area contributed by atoms with Crippen LogP contribution in [-0.2, 0) is 11.2 Å². The van der Waals surface area contributed by atoms with Crippen molar-refractivity contribution >= 4 is 11.6 Å². The molecule has 1 amide bonds. The van der Waals surface area contributed by atoms with Crippen LogP contribution >= 0.6 is 0 Å². The van der Waals surface area contributed by atoms with Crippen molar-refractivity contribution in [2.75, 3.05) is 13.1 Å². The Hall–Kier alpha value is -1.95. The third-order valence-electron chi connectivity index (χ3n) is 3.61. The fraction of sp³-hybridized carbons (Fsp3) is 0.429. The molecule has 6 heteroatoms. The van der Waals surface area contributed by atoms with Gasteiger partial charge >= 0.3 is 0 Å². The van der Waals surface area contributed by atoms with Crippen molar-refractivity contribution in [1.82, 2.24) is 14.3 Å². The Bertz CT molecular complexity index is 632. The highest BCUT2D eigenvalue weighted by Crippen LogP contribution is 2.13. The molecule has 5 nitrogen and oxygen atoms in total. The van der Waals surface area contributed by atoms with Crippen molar-refractivity contribution in [3.63, 3.8) is 0 Å². The molecule has 0 saturated carbocycles. The van der Waals surface area contributed by atoms with Crippen LogP contribution in [0.15, 0.2) is 24.5 Å². The van der Waals surface area contributed by atoms with Crippen LogP contribution in [0.1, 0.15) is 18.5 Å². The third-order valence-corrected chi connectivity index (χ3v) is 3.61. The number of fused-ring (bicyclic) bond motifs is 1. The molecule has 0 aliphatic carbocycles. The van der Waals surface area contributed by atoms with Crippen molar-refractivity contribution in [1.29, 1.82) is 0 Å². The number of hydrogen-bond donors (Lipinski definition) is 1. The second-order valence-electron chi connectivity index (χ2n) is 5.13. The number of hydrogen-bond acceptors (Lipinski definition) is 3. The Balaban J connectivity index is 1.71. The number of nitrogens with zero attached hydrogens (tertiary/aromatic N) is 3. The van der Waals surface area contributed by atoms with Gasteiger partial charge in [0.1, 0.15) is 11.5 Å². The van der Waals surface area contributed by atoms with Crippen LogP contribution in [0, 0.1) is 5.82 Å². The average Bonchev–Trinajstić information content (AvgIpc) is 2.80. The molecule has 1 aliphatic heterocycles. The molecule has 0 aromatic carbocycles. The third kappa shape index (κ3) is 2.65. The molecule has 106 valence electrons. The van der Waals surface area contributed by atoms with E-state index in [1.165, 1.54) is 12.3 Å². The smallest absolute Gasteiger partial charge is 0.228 e. The summed E-state index contributed by atoms with van der Waals surface area (Å²) < 4.78 is 14.7. The predicted molar refractivity (Wildman–Crippen MR) is 70.7 cm³/mol. The molecule has 3 rings (SSSR count). The van der Waals surface area contributed by atoms with E-state index in [1.807, 2.05) is 0 Å². The summed E-state index contributed by atoms with van der Waals surface area (Å²) in [5, 5.41) is 9.43. The first kappa shape index (κ1) is 13.1. The number of aliphatic hydroxyl groups is 1. The van der Waals surface area contributed by atoms with E-state index in [-0.39, 0.29) is 24.2 Å². The van der Waals surface area contributed by atoms with Gasteiger partial charge in [-0.2, -0.15) is 0 Å². The highest BCUT2D eigenvalue weighted by atomic mass is 19.1. The lowest BCUT2D eigenvalue weighted by atomic mass is 10.1. The summed E-state index contributed by atoms with van der Waals surface area (Å²) in [6.45, 7) is 1.17. The second kappa shape index (κ2) is 5.20. The lowest BCUT2D eigenvalue weighted by Gasteiger charge is -2.29. The Morgan fingerprint density at radius 2 is 2.10 bits per heavy atom. The number of likely N-dealkylation sites (tertiary alicyclic amines) is 1. The van der Waals surface area contributed by atoms with E-state index in [0.29, 0.717) is 37.3 Å². The van der Waals surface area contributed by atoms with Gasteiger partial charge < -0.3 is 14.4 Å². The number of halogens is 1. The predicted octanol–water partition coefficient (Wildman–Crippen LogP) is 0.999. The van der Waals surface area contributed by atoms with Crippen LogP contribution in [-0.4, -0.2) is 44.5 Å². The van der Waals surface area contributed by atoms with Crippen LogP contribution in [0.3, 0.4) is 0 Å². The zero-order valence-corrected chi connectivity index (χ0v) is 11.0. The fourth-order valence-electron chi connectivity index (χ4n) is 2.48. The Morgan fingerprint density at radius 1 is 1.35 bits per heavy atom. The minimum Gasteiger partial charge on any atom is -0.393 e. The first-order chi connectivity index (χ1) is 9.61. The topological polar surface area (TPSA) is 57.8 Å². The maximum Gasteiger partial charge on any atom is 0.228 e. The zero-order chi connectivity index (χ0) is 14.1. The van der Waals surface area contributed by atoms with E-state index in [4.69, 9.17) is 0 Å². The number of carbonyl (C=O) groups excluding carboxylic acids is 1. The minimum absolute atomic E-state index is 0.000720. The van der Waals surface area contributed by atoms with Crippen molar-refractivity contribution in [3.05, 3.63) is 36.0 Å². The molecule has 0 radical (unpaired) electrons. The summed E-state index contributed by atoms with van der Waals surface area (Å²) in [5.74, 6) is -0.335. The Morgan fingerprint density at radius 3 is 2.85 bits per heavy atom. The molecule has 2 aromatic heterocycles. The average molecular weight is 277 g/mol. The number of piperidine rings is 1. The van der Waals surface area contributed by atoms with Crippen LogP contribution < -0.4 is 0 Å². The molecular weight excluding hydrogens is 261 g/mol. The molecule has 0 unspecified atom stereocenters. The van der Waals surface area contributed by atoms with E-state index >= 15 is 0 Å². The molecule has 0 bridgehead atoms. The molecule has 1 fully saturated rings. The quantitative estimate of drug-likeness (QED) is 0.891. The molecule has 1 aliphatic rings. The zero-order valence-electron chi connectivity index (χ0n) is 11.0. The first-order valence-electron chi connectivity index (χ1n) is 6.71. The number of imidazole rings is 1. The van der Waals surface area contributed by atoms with Gasteiger partial charge in [0.2, 0.25) is 5.91 Å². The number of rotatable bonds is 2. The van der Waals surface area contributed by atoms with Gasteiger partial charge in [-0.15, -0.1) is 0 Å². The Labute approximate surface area is 115 Å². The molecule has 0 atom stereocenters. The first-order valence-corrected chi connectivity index (χ1v) is 6.71. The van der Waals surface area contributed by atoms with Crippen molar-refractivity contribution in [3.8, 4) is 0 Å². The molecule has 1 saturated heterocycles. The largest absolute Gasteiger partial charge is 0.393 e. The summed E-state index contributed by atoms with van der Waals surface area (Å²) in [6, 6.07) is 2.93. The highest BCUT2D eigenvalue weighted by molar-refractivity contribution is 5.78. The van der Waals surface area contributed by atoms with Crippen LogP contribution in [0.2, 0.25) is 0 Å². The van der Waals surface area contributed by atoms with Crippen molar-refractivity contribution in [2.45, 2.75) is 25.4 Å². The molecular formula is C14H16FN3O2. The summed E-state index contributed by atoms with van der Waals surface area (Å²) in [5.41, 5.74) is 1.26. The van der Waals surface area contributed by atoms with E-state index in [2.05, 4.69) is 4.98 Å². The lowest BCUT2D eigenvalue weighted by molar-refractivity contribution is -0.132. The van der Waals surface area contributed by atoms with Crippen LogP contribution in [0.5, 0.6) is 0 Å². The number of pyridine rings is 1. The monoisotopic (exact) mass is 277 g/mol. The van der Waals surface area contributed by atoms with Gasteiger partial charge in [0.25, 0.3) is 0 Å². The number of aromatic nitrogens is 2. The van der Waals surface area contributed by atoms with Crippen LogP contribution in [0.25, 0.3) is 5.65 Å². The molecule has 1 N–H and O–H groups in total. The molecule has 2 aromatic rings. The van der Waals surface area contributed by atoms with Gasteiger partial charge in [-0.1, -0.05) is 0 Å². The SMILES string of the molecule is O=C(Cc1cn2cc(F)ccc2n1)N1CCC(O)CC1. The molecule has 0 spiro atoms. The van der Waals surface area contributed by atoms with E-state index in [9.17, 15) is 14.3 Å². The number of aliphatic hydroxyl groups excluding tert-OH is 1. The summed E-state index contributed by atoms with van der Waals surface area (Å²) in [7, 11) is 0. The standard InChI is InChI=1S/C14H16FN3O2/c15-10-1-2-13-16-11(9-18(13)8-10)7-14(20)17-5-3-12(19)4-6-17/h1-2,8-9,12,19H,3-7H2. The number of amides is 1. The summed E-state index contributed by atoms with van der Waals surface area (Å²) in [6.07, 6.45) is 4.18. The summed E-state index contributed by atoms with van der Waals surface area (Å²) >= 11 is 0. The van der Waals surface area contributed by atoms with E-state index < -0.39 is 0 Å². The molecule has 3 heterocycles. The van der Waals surface area contributed by atoms with Crippen molar-refractivity contribution < 1.29 is 14.3 Å². The van der Waals surface area contributed by atoms with Crippen molar-refractivity contribution in [2.24, 2.45) is 0 Å². The van der Waals surface area contributed by atoms with Gasteiger partial charge in [-0.3, -0.25) is 4.79 Å². The molecule has 20 heavy (non-hydrogen) atoms. The van der Waals surface area contributed by atoms with Gasteiger partial charge in [0.05, 0.1) is 18.2 Å². The second-order valence-corrected chi connectivity index (χ2v) is 5.13. The van der Waals surface area contributed by atoms with Gasteiger partial charge in [0, 0.05) is 25.5 Å². The van der Waals surface area contributed by atoms with Gasteiger partial charge in [0.15, 0.2) is 0 Å². The van der Waals surface area contributed by atoms with E-state index in [1.54, 1.807) is 21.6 Å². The van der Waals surface area contributed by atoms with Gasteiger partial charge in [-0.25, -0.2) is 9.37 Å². The highest BCUT2D eigenvalue weighted by Gasteiger charge is 2.21. The van der Waals surface area contributed by atoms with E-state index in [0.717, 1.165) is 0 Å². The number of carbonyl (C=O) groups is 1.